The number of aryl methyl sites for hydroxylation is 2. The highest BCUT2D eigenvalue weighted by Crippen LogP contribution is 2.31. The summed E-state index contributed by atoms with van der Waals surface area (Å²) in [6, 6.07) is 0. The summed E-state index contributed by atoms with van der Waals surface area (Å²) >= 11 is 0. The molecule has 7 heteroatoms. The number of nitrogens with one attached hydrogen (secondary N) is 1. The van der Waals surface area contributed by atoms with Gasteiger partial charge < -0.3 is 4.90 Å². The zero-order chi connectivity index (χ0) is 15.1. The van der Waals surface area contributed by atoms with Crippen LogP contribution in [0.4, 0.5) is 5.82 Å². The molecule has 0 amide bonds. The number of anilines is 1. The van der Waals surface area contributed by atoms with Crippen LogP contribution in [0.5, 0.6) is 0 Å². The highest BCUT2D eigenvalue weighted by molar-refractivity contribution is 5.87. The van der Waals surface area contributed by atoms with Gasteiger partial charge in [-0.3, -0.25) is 9.78 Å². The Labute approximate surface area is 128 Å². The first-order chi connectivity index (χ1) is 10.7. The number of rotatable bonds is 2. The minimum absolute atomic E-state index is 0.585. The summed E-state index contributed by atoms with van der Waals surface area (Å²) in [7, 11) is 1.92. The van der Waals surface area contributed by atoms with E-state index in [-0.39, 0.29) is 0 Å². The van der Waals surface area contributed by atoms with Crippen molar-refractivity contribution in [1.82, 2.24) is 29.9 Å². The van der Waals surface area contributed by atoms with Gasteiger partial charge in [0.1, 0.15) is 11.6 Å². The molecule has 1 saturated heterocycles. The Morgan fingerprint density at radius 2 is 2.00 bits per heavy atom. The van der Waals surface area contributed by atoms with Gasteiger partial charge in [-0.05, 0) is 31.2 Å². The topological polar surface area (TPSA) is 75.5 Å². The van der Waals surface area contributed by atoms with Crippen LogP contribution in [0, 0.1) is 6.92 Å². The second-order valence-electron chi connectivity index (χ2n) is 5.89. The highest BCUT2D eigenvalue weighted by atomic mass is 15.3. The number of fused-ring (bicyclic) bond motifs is 1. The maximum atomic E-state index is 4.67. The number of hydrogen-bond donors (Lipinski definition) is 1. The molecule has 1 N–H and O–H groups in total. The maximum absolute atomic E-state index is 4.67. The van der Waals surface area contributed by atoms with Crippen molar-refractivity contribution in [1.29, 1.82) is 0 Å². The van der Waals surface area contributed by atoms with E-state index < -0.39 is 0 Å². The predicted molar refractivity (Wildman–Crippen MR) is 83.8 cm³/mol. The van der Waals surface area contributed by atoms with Crippen LogP contribution in [0.1, 0.15) is 30.1 Å². The summed E-state index contributed by atoms with van der Waals surface area (Å²) in [5, 5.41) is 12.3. The Morgan fingerprint density at radius 1 is 1.18 bits per heavy atom. The zero-order valence-corrected chi connectivity index (χ0v) is 12.8. The monoisotopic (exact) mass is 297 g/mol. The number of aromatic nitrogens is 6. The lowest BCUT2D eigenvalue weighted by atomic mass is 9.91. The molecule has 0 saturated carbocycles. The van der Waals surface area contributed by atoms with Gasteiger partial charge in [-0.25, -0.2) is 9.97 Å². The van der Waals surface area contributed by atoms with Gasteiger partial charge in [0.25, 0.3) is 0 Å². The lowest BCUT2D eigenvalue weighted by molar-refractivity contribution is 0.503. The van der Waals surface area contributed by atoms with E-state index in [1.165, 1.54) is 5.56 Å². The normalized spacial score (nSPS) is 16.5. The van der Waals surface area contributed by atoms with Gasteiger partial charge in [0, 0.05) is 26.3 Å². The van der Waals surface area contributed by atoms with Crippen LogP contribution in [0.15, 0.2) is 18.6 Å². The van der Waals surface area contributed by atoms with Crippen molar-refractivity contribution in [2.45, 2.75) is 25.7 Å². The number of aromatic amines is 1. The summed E-state index contributed by atoms with van der Waals surface area (Å²) in [4.78, 5) is 11.5. The molecule has 0 bridgehead atoms. The van der Waals surface area contributed by atoms with E-state index in [0.29, 0.717) is 5.92 Å². The summed E-state index contributed by atoms with van der Waals surface area (Å²) in [5.74, 6) is 2.40. The molecule has 0 spiro atoms. The predicted octanol–water partition coefficient (Wildman–Crippen LogP) is 1.78. The van der Waals surface area contributed by atoms with Crippen LogP contribution in [-0.4, -0.2) is 43.0 Å². The van der Waals surface area contributed by atoms with Gasteiger partial charge in [0.15, 0.2) is 5.65 Å². The van der Waals surface area contributed by atoms with Crippen molar-refractivity contribution in [2.24, 2.45) is 7.05 Å². The molecule has 114 valence electrons. The molecule has 0 aliphatic carbocycles. The van der Waals surface area contributed by atoms with Gasteiger partial charge in [-0.15, -0.1) is 0 Å². The van der Waals surface area contributed by atoms with Gasteiger partial charge in [0.05, 0.1) is 17.8 Å². The second-order valence-corrected chi connectivity index (χ2v) is 5.89. The largest absolute Gasteiger partial charge is 0.356 e. The van der Waals surface area contributed by atoms with Crippen molar-refractivity contribution in [2.75, 3.05) is 18.0 Å². The summed E-state index contributed by atoms with van der Waals surface area (Å²) < 4.78 is 1.81. The fraction of sp³-hybridized carbons (Fsp3) is 0.467. The molecule has 0 aromatic carbocycles. The van der Waals surface area contributed by atoms with Gasteiger partial charge in [-0.2, -0.15) is 10.2 Å². The zero-order valence-electron chi connectivity index (χ0n) is 12.8. The van der Waals surface area contributed by atoms with Crippen molar-refractivity contribution in [3.8, 4) is 0 Å². The van der Waals surface area contributed by atoms with E-state index in [4.69, 9.17) is 0 Å². The minimum Gasteiger partial charge on any atom is -0.356 e. The molecule has 0 radical (unpaired) electrons. The van der Waals surface area contributed by atoms with Crippen molar-refractivity contribution in [3.05, 3.63) is 30.0 Å². The van der Waals surface area contributed by atoms with Crippen molar-refractivity contribution < 1.29 is 0 Å². The Hall–Kier alpha value is -2.44. The van der Waals surface area contributed by atoms with Crippen molar-refractivity contribution >= 4 is 16.9 Å². The van der Waals surface area contributed by atoms with Crippen LogP contribution >= 0.6 is 0 Å². The Morgan fingerprint density at radius 3 is 2.73 bits per heavy atom. The minimum atomic E-state index is 0.585. The molecule has 7 nitrogen and oxygen atoms in total. The third-order valence-electron chi connectivity index (χ3n) is 4.47. The van der Waals surface area contributed by atoms with E-state index in [9.17, 15) is 0 Å². The molecular weight excluding hydrogens is 278 g/mol. The lowest BCUT2D eigenvalue weighted by Gasteiger charge is -2.32. The van der Waals surface area contributed by atoms with E-state index in [2.05, 4.69) is 30.2 Å². The average molecular weight is 297 g/mol. The fourth-order valence-electron chi connectivity index (χ4n) is 3.26. The quantitative estimate of drug-likeness (QED) is 0.780. The van der Waals surface area contributed by atoms with E-state index in [1.54, 1.807) is 0 Å². The lowest BCUT2D eigenvalue weighted by Crippen LogP contribution is -2.33. The number of piperidine rings is 1. The third kappa shape index (κ3) is 2.13. The number of nitrogens with zero attached hydrogens (tertiary/aromatic N) is 6. The third-order valence-corrected chi connectivity index (χ3v) is 4.47. The molecule has 3 aromatic rings. The first kappa shape index (κ1) is 13.2. The number of hydrogen-bond acceptors (Lipinski definition) is 5. The fourth-order valence-corrected chi connectivity index (χ4v) is 3.26. The molecule has 3 aromatic heterocycles. The Bertz CT molecular complexity index is 782. The molecule has 1 fully saturated rings. The van der Waals surface area contributed by atoms with Gasteiger partial charge in [0.2, 0.25) is 0 Å². The second kappa shape index (κ2) is 5.08. The van der Waals surface area contributed by atoms with E-state index in [1.807, 2.05) is 37.2 Å². The molecule has 0 atom stereocenters. The Kier molecular flexibility index (Phi) is 3.06. The molecule has 1 aliphatic rings. The van der Waals surface area contributed by atoms with E-state index >= 15 is 0 Å². The van der Waals surface area contributed by atoms with E-state index in [0.717, 1.165) is 48.6 Å². The van der Waals surface area contributed by atoms with Crippen LogP contribution in [0.2, 0.25) is 0 Å². The smallest absolute Gasteiger partial charge is 0.163 e. The standard InChI is InChI=1S/C15H19N7/c1-10-19-14-13(9-18-21(14)2)15(20-10)22-5-3-11(4-6-22)12-7-16-17-8-12/h7-9,11H,3-6H2,1-2H3,(H,16,17). The summed E-state index contributed by atoms with van der Waals surface area (Å²) in [6.45, 7) is 3.93. The molecule has 0 unspecified atom stereocenters. The number of H-pyrrole nitrogens is 1. The first-order valence-electron chi connectivity index (χ1n) is 7.62. The van der Waals surface area contributed by atoms with Crippen LogP contribution < -0.4 is 4.90 Å². The van der Waals surface area contributed by atoms with Gasteiger partial charge >= 0.3 is 0 Å². The Balaban J connectivity index is 1.61. The van der Waals surface area contributed by atoms with Crippen molar-refractivity contribution in [3.63, 3.8) is 0 Å². The molecule has 4 heterocycles. The van der Waals surface area contributed by atoms with Crippen LogP contribution in [0.25, 0.3) is 11.0 Å². The van der Waals surface area contributed by atoms with Crippen LogP contribution in [0.3, 0.4) is 0 Å². The SMILES string of the molecule is Cc1nc(N2CCC(c3cn[nH]c3)CC2)c2cnn(C)c2n1. The van der Waals surface area contributed by atoms with Gasteiger partial charge in [-0.1, -0.05) is 0 Å². The summed E-state index contributed by atoms with van der Waals surface area (Å²) in [5.41, 5.74) is 2.21. The molecule has 22 heavy (non-hydrogen) atoms. The molecular formula is C15H19N7. The average Bonchev–Trinajstić information content (AvgIpc) is 3.18. The summed E-state index contributed by atoms with van der Waals surface area (Å²) in [6.07, 6.45) is 8.05. The highest BCUT2D eigenvalue weighted by Gasteiger charge is 2.24. The van der Waals surface area contributed by atoms with Crippen LogP contribution in [-0.2, 0) is 7.05 Å². The first-order valence-corrected chi connectivity index (χ1v) is 7.62. The molecule has 4 rings (SSSR count). The molecule has 1 aliphatic heterocycles. The maximum Gasteiger partial charge on any atom is 0.163 e.